The van der Waals surface area contributed by atoms with Crippen molar-refractivity contribution in [2.45, 2.75) is 18.3 Å². The lowest BCUT2D eigenvalue weighted by Crippen LogP contribution is -2.52. The fourth-order valence-corrected chi connectivity index (χ4v) is 4.10. The van der Waals surface area contributed by atoms with Crippen LogP contribution in [-0.2, 0) is 5.41 Å². The molecule has 1 saturated heterocycles. The zero-order valence-electron chi connectivity index (χ0n) is 18.4. The number of methoxy groups -OCH3 is 1. The summed E-state index contributed by atoms with van der Waals surface area (Å²) >= 11 is 0. The van der Waals surface area contributed by atoms with Crippen LogP contribution < -0.4 is 15.4 Å². The number of hydrogen-bond acceptors (Lipinski definition) is 4. The standard InChI is InChI=1S/C25H29N5O2/c1-3-15-27-24(29-19-26)30-16-13-25(14-17-30,20-9-5-4-6-10-20)18-28-23(31)21-11-7-8-12-22(21)32-2/h3-12H,1,13-18H2,2H3,(H,27,29)(H,28,31). The number of benzene rings is 2. The van der Waals surface area contributed by atoms with Gasteiger partial charge in [-0.05, 0) is 30.5 Å². The second-order valence-corrected chi connectivity index (χ2v) is 7.71. The molecule has 0 aliphatic carbocycles. The number of ether oxygens (including phenoxy) is 1. The number of piperidine rings is 1. The monoisotopic (exact) mass is 431 g/mol. The van der Waals surface area contributed by atoms with Crippen LogP contribution in [0.3, 0.4) is 0 Å². The quantitative estimate of drug-likeness (QED) is 0.231. The van der Waals surface area contributed by atoms with E-state index in [0.717, 1.165) is 12.8 Å². The van der Waals surface area contributed by atoms with Gasteiger partial charge in [-0.25, -0.2) is 4.99 Å². The van der Waals surface area contributed by atoms with Crippen LogP contribution in [0, 0.1) is 11.5 Å². The molecular formula is C25H29N5O2. The largest absolute Gasteiger partial charge is 0.496 e. The molecule has 0 saturated carbocycles. The summed E-state index contributed by atoms with van der Waals surface area (Å²) in [5.74, 6) is 0.964. The van der Waals surface area contributed by atoms with Crippen molar-refractivity contribution in [3.05, 3.63) is 78.4 Å². The van der Waals surface area contributed by atoms with Crippen molar-refractivity contribution in [1.82, 2.24) is 15.5 Å². The van der Waals surface area contributed by atoms with Gasteiger partial charge in [0.25, 0.3) is 5.91 Å². The van der Waals surface area contributed by atoms with E-state index in [0.29, 0.717) is 43.5 Å². The van der Waals surface area contributed by atoms with E-state index in [9.17, 15) is 4.79 Å². The molecule has 1 aliphatic heterocycles. The fraction of sp³-hybridized carbons (Fsp3) is 0.320. The Hall–Kier alpha value is -3.79. The van der Waals surface area contributed by atoms with Crippen LogP contribution in [0.15, 0.2) is 72.2 Å². The predicted molar refractivity (Wildman–Crippen MR) is 126 cm³/mol. The van der Waals surface area contributed by atoms with Crippen LogP contribution in [0.25, 0.3) is 0 Å². The number of nitrogens with one attached hydrogen (secondary N) is 2. The van der Waals surface area contributed by atoms with Crippen LogP contribution >= 0.6 is 0 Å². The Kier molecular flexibility index (Phi) is 7.87. The predicted octanol–water partition coefficient (Wildman–Crippen LogP) is 3.07. The lowest BCUT2D eigenvalue weighted by molar-refractivity contribution is 0.0929. The Labute approximate surface area is 189 Å². The molecule has 1 amide bonds. The van der Waals surface area contributed by atoms with Crippen LogP contribution in [0.2, 0.25) is 0 Å². The Bertz CT molecular complexity index is 989. The first-order valence-corrected chi connectivity index (χ1v) is 10.7. The number of carbonyl (C=O) groups excluding carboxylic acids is 1. The summed E-state index contributed by atoms with van der Waals surface area (Å²) < 4.78 is 5.34. The van der Waals surface area contributed by atoms with Crippen molar-refractivity contribution in [2.75, 3.05) is 33.3 Å². The van der Waals surface area contributed by atoms with Gasteiger partial charge in [0.1, 0.15) is 5.75 Å². The Morgan fingerprint density at radius 3 is 2.56 bits per heavy atom. The lowest BCUT2D eigenvalue weighted by atomic mass is 9.72. The molecule has 1 fully saturated rings. The summed E-state index contributed by atoms with van der Waals surface area (Å²) in [7, 11) is 1.56. The van der Waals surface area contributed by atoms with Crippen molar-refractivity contribution in [3.63, 3.8) is 0 Å². The summed E-state index contributed by atoms with van der Waals surface area (Å²) in [5.41, 5.74) is 1.50. The van der Waals surface area contributed by atoms with Crippen molar-refractivity contribution in [3.8, 4) is 11.9 Å². The van der Waals surface area contributed by atoms with Crippen molar-refractivity contribution in [1.29, 1.82) is 5.26 Å². The molecule has 166 valence electrons. The second-order valence-electron chi connectivity index (χ2n) is 7.71. The van der Waals surface area contributed by atoms with Crippen LogP contribution in [0.5, 0.6) is 5.75 Å². The molecular weight excluding hydrogens is 402 g/mol. The minimum Gasteiger partial charge on any atom is -0.496 e. The average Bonchev–Trinajstić information content (AvgIpc) is 2.86. The first kappa shape index (κ1) is 22.9. The molecule has 1 heterocycles. The zero-order valence-corrected chi connectivity index (χ0v) is 18.4. The summed E-state index contributed by atoms with van der Waals surface area (Å²) in [6, 6.07) is 17.5. The minimum atomic E-state index is -0.217. The third kappa shape index (κ3) is 5.27. The van der Waals surface area contributed by atoms with E-state index >= 15 is 0 Å². The van der Waals surface area contributed by atoms with Crippen LogP contribution in [-0.4, -0.2) is 50.1 Å². The molecule has 32 heavy (non-hydrogen) atoms. The Balaban J connectivity index is 1.78. The van der Waals surface area contributed by atoms with E-state index in [4.69, 9.17) is 10.00 Å². The molecule has 0 aromatic heterocycles. The van der Waals surface area contributed by atoms with Crippen molar-refractivity contribution < 1.29 is 9.53 Å². The number of amides is 1. The molecule has 2 aromatic rings. The first-order chi connectivity index (χ1) is 15.6. The van der Waals surface area contributed by atoms with E-state index in [1.165, 1.54) is 5.56 Å². The summed E-state index contributed by atoms with van der Waals surface area (Å²) in [6.45, 7) is 6.07. The van der Waals surface area contributed by atoms with Crippen molar-refractivity contribution >= 4 is 11.9 Å². The number of likely N-dealkylation sites (tertiary alicyclic amines) is 1. The normalized spacial score (nSPS) is 15.4. The van der Waals surface area contributed by atoms with Crippen LogP contribution in [0.1, 0.15) is 28.8 Å². The van der Waals surface area contributed by atoms with E-state index in [1.807, 2.05) is 36.5 Å². The van der Waals surface area contributed by atoms with E-state index in [2.05, 4.69) is 39.2 Å². The molecule has 0 unspecified atom stereocenters. The number of guanidine groups is 1. The third-order valence-electron chi connectivity index (χ3n) is 5.88. The molecule has 2 aromatic carbocycles. The SMILES string of the molecule is C=CCN=C(NC#N)N1CCC(CNC(=O)c2ccccc2OC)(c2ccccc2)CC1. The summed E-state index contributed by atoms with van der Waals surface area (Å²) in [5, 5.41) is 14.9. The van der Waals surface area contributed by atoms with Gasteiger partial charge in [0, 0.05) is 25.0 Å². The average molecular weight is 432 g/mol. The highest BCUT2D eigenvalue weighted by molar-refractivity contribution is 5.97. The van der Waals surface area contributed by atoms with Gasteiger partial charge in [-0.2, -0.15) is 5.26 Å². The maximum atomic E-state index is 12.9. The minimum absolute atomic E-state index is 0.153. The molecule has 0 spiro atoms. The molecule has 3 rings (SSSR count). The Morgan fingerprint density at radius 1 is 1.22 bits per heavy atom. The molecule has 0 atom stereocenters. The number of aliphatic imine (C=N–C) groups is 1. The van der Waals surface area contributed by atoms with Gasteiger partial charge in [-0.15, -0.1) is 6.58 Å². The van der Waals surface area contributed by atoms with Gasteiger partial charge in [0.2, 0.25) is 5.96 Å². The van der Waals surface area contributed by atoms with Crippen LogP contribution in [0.4, 0.5) is 0 Å². The molecule has 2 N–H and O–H groups in total. The number of nitriles is 1. The molecule has 1 aliphatic rings. The molecule has 7 nitrogen and oxygen atoms in total. The summed E-state index contributed by atoms with van der Waals surface area (Å²) in [6.07, 6.45) is 5.29. The number of para-hydroxylation sites is 1. The lowest BCUT2D eigenvalue weighted by Gasteiger charge is -2.43. The highest BCUT2D eigenvalue weighted by Gasteiger charge is 2.37. The maximum absolute atomic E-state index is 12.9. The number of nitrogens with zero attached hydrogens (tertiary/aromatic N) is 3. The van der Waals surface area contributed by atoms with Gasteiger partial charge in [-0.3, -0.25) is 10.1 Å². The topological polar surface area (TPSA) is 89.8 Å². The molecule has 0 bridgehead atoms. The summed E-state index contributed by atoms with van der Waals surface area (Å²) in [4.78, 5) is 19.4. The maximum Gasteiger partial charge on any atom is 0.255 e. The highest BCUT2D eigenvalue weighted by Crippen LogP contribution is 2.35. The number of rotatable bonds is 7. The Morgan fingerprint density at radius 2 is 1.91 bits per heavy atom. The van der Waals surface area contributed by atoms with Gasteiger partial charge < -0.3 is 15.0 Å². The first-order valence-electron chi connectivity index (χ1n) is 10.7. The second kappa shape index (κ2) is 11.0. The fourth-order valence-electron chi connectivity index (χ4n) is 4.10. The molecule has 0 radical (unpaired) electrons. The highest BCUT2D eigenvalue weighted by atomic mass is 16.5. The van der Waals surface area contributed by atoms with Gasteiger partial charge in [-0.1, -0.05) is 48.5 Å². The number of hydrogen-bond donors (Lipinski definition) is 2. The van der Waals surface area contributed by atoms with Gasteiger partial charge in [0.15, 0.2) is 6.19 Å². The number of carbonyl (C=O) groups is 1. The van der Waals surface area contributed by atoms with Gasteiger partial charge in [0.05, 0.1) is 19.2 Å². The smallest absolute Gasteiger partial charge is 0.255 e. The third-order valence-corrected chi connectivity index (χ3v) is 5.88. The van der Waals surface area contributed by atoms with E-state index in [1.54, 1.807) is 25.3 Å². The van der Waals surface area contributed by atoms with Crippen molar-refractivity contribution in [2.24, 2.45) is 4.99 Å². The van der Waals surface area contributed by atoms with E-state index in [-0.39, 0.29) is 11.3 Å². The van der Waals surface area contributed by atoms with E-state index < -0.39 is 0 Å². The molecule has 7 heteroatoms. The zero-order chi connectivity index (χ0) is 22.8. The van der Waals surface area contributed by atoms with Gasteiger partial charge >= 0.3 is 0 Å².